The maximum atomic E-state index is 12.4. The monoisotopic (exact) mass is 344 g/mol. The Hall–Kier alpha value is -2.90. The topological polar surface area (TPSA) is 101 Å². The third-order valence-electron chi connectivity index (χ3n) is 4.66. The van der Waals surface area contributed by atoms with Gasteiger partial charge in [0.2, 0.25) is 11.8 Å². The average Bonchev–Trinajstić information content (AvgIpc) is 3.12. The van der Waals surface area contributed by atoms with E-state index in [0.29, 0.717) is 22.9 Å². The summed E-state index contributed by atoms with van der Waals surface area (Å²) in [5.74, 6) is -0.917. The maximum absolute atomic E-state index is 12.4. The molecule has 0 spiro atoms. The summed E-state index contributed by atoms with van der Waals surface area (Å²) in [5, 5.41) is 8.06. The molecule has 1 aromatic carbocycles. The van der Waals surface area contributed by atoms with Gasteiger partial charge in [0, 0.05) is 17.3 Å². The second-order valence-corrected chi connectivity index (χ2v) is 6.05. The lowest BCUT2D eigenvalue weighted by molar-refractivity contribution is -0.125. The molecule has 2 aliphatic heterocycles. The van der Waals surface area contributed by atoms with Crippen LogP contribution in [0.15, 0.2) is 28.4 Å². The highest BCUT2D eigenvalue weighted by Gasteiger charge is 2.46. The lowest BCUT2D eigenvalue weighted by Gasteiger charge is -2.27. The Bertz CT molecular complexity index is 749. The fraction of sp³-hybridized carbons (Fsp3) is 0.412. The van der Waals surface area contributed by atoms with Crippen LogP contribution >= 0.6 is 0 Å². The van der Waals surface area contributed by atoms with E-state index in [9.17, 15) is 9.59 Å². The first kappa shape index (κ1) is 16.9. The Morgan fingerprint density at radius 1 is 0.920 bits per heavy atom. The van der Waals surface area contributed by atoms with Gasteiger partial charge in [0.15, 0.2) is 11.5 Å². The second kappa shape index (κ2) is 6.54. The van der Waals surface area contributed by atoms with Crippen LogP contribution in [0.2, 0.25) is 0 Å². The van der Waals surface area contributed by atoms with Crippen molar-refractivity contribution in [3.63, 3.8) is 0 Å². The number of amides is 2. The normalized spacial score (nSPS) is 23.5. The number of ether oxygens (including phenoxy) is 2. The number of nitrogens with one attached hydrogen (secondary N) is 2. The molecule has 2 amide bonds. The van der Waals surface area contributed by atoms with Crippen LogP contribution in [0.3, 0.4) is 0 Å². The van der Waals surface area contributed by atoms with Gasteiger partial charge in [-0.05, 0) is 31.5 Å². The van der Waals surface area contributed by atoms with Crippen molar-refractivity contribution in [3.05, 3.63) is 23.8 Å². The highest BCUT2D eigenvalue weighted by atomic mass is 16.5. The minimum Gasteiger partial charge on any atom is -0.493 e. The Morgan fingerprint density at radius 3 is 1.84 bits per heavy atom. The van der Waals surface area contributed by atoms with E-state index in [1.54, 1.807) is 40.2 Å². The van der Waals surface area contributed by atoms with Gasteiger partial charge in [0.25, 0.3) is 0 Å². The molecule has 8 heteroatoms. The molecular formula is C17H20N4O4. The molecule has 0 saturated carbocycles. The number of carbonyl (C=O) groups is 2. The van der Waals surface area contributed by atoms with E-state index in [1.165, 1.54) is 0 Å². The van der Waals surface area contributed by atoms with Gasteiger partial charge in [-0.3, -0.25) is 9.59 Å². The predicted octanol–water partition coefficient (Wildman–Crippen LogP) is 1.03. The maximum Gasteiger partial charge on any atom is 0.249 e. The average molecular weight is 344 g/mol. The molecule has 25 heavy (non-hydrogen) atoms. The van der Waals surface area contributed by atoms with Crippen LogP contribution in [0, 0.1) is 11.8 Å². The fourth-order valence-corrected chi connectivity index (χ4v) is 3.43. The minimum absolute atomic E-state index is 0.232. The van der Waals surface area contributed by atoms with Gasteiger partial charge < -0.3 is 9.47 Å². The second-order valence-electron chi connectivity index (χ2n) is 6.05. The summed E-state index contributed by atoms with van der Waals surface area (Å²) in [4.78, 5) is 24.8. The Balaban J connectivity index is 2.12. The SMILES string of the molecule is COc1ccc(C(C2C(=O)NN=C2C)C2C(=O)NN=C2C)cc1OC. The van der Waals surface area contributed by atoms with Crippen LogP contribution in [-0.2, 0) is 9.59 Å². The highest BCUT2D eigenvalue weighted by molar-refractivity contribution is 6.12. The molecule has 2 N–H and O–H groups in total. The van der Waals surface area contributed by atoms with Crippen LogP contribution in [0.25, 0.3) is 0 Å². The van der Waals surface area contributed by atoms with E-state index in [-0.39, 0.29) is 11.8 Å². The summed E-state index contributed by atoms with van der Waals surface area (Å²) in [5.41, 5.74) is 7.05. The van der Waals surface area contributed by atoms with Crippen LogP contribution in [-0.4, -0.2) is 37.5 Å². The molecule has 1 aromatic rings. The Labute approximate surface area is 145 Å². The first-order valence-corrected chi connectivity index (χ1v) is 7.88. The molecule has 8 nitrogen and oxygen atoms in total. The molecule has 2 aliphatic rings. The van der Waals surface area contributed by atoms with Gasteiger partial charge >= 0.3 is 0 Å². The number of hydrazone groups is 2. The van der Waals surface area contributed by atoms with Crippen molar-refractivity contribution in [2.24, 2.45) is 22.0 Å². The fourth-order valence-electron chi connectivity index (χ4n) is 3.43. The third kappa shape index (κ3) is 2.84. The molecule has 2 atom stereocenters. The van der Waals surface area contributed by atoms with Gasteiger partial charge in [-0.15, -0.1) is 0 Å². The van der Waals surface area contributed by atoms with Crippen molar-refractivity contribution in [2.45, 2.75) is 19.8 Å². The summed E-state index contributed by atoms with van der Waals surface area (Å²) in [7, 11) is 3.10. The summed E-state index contributed by atoms with van der Waals surface area (Å²) in [6.45, 7) is 3.55. The first-order valence-electron chi connectivity index (χ1n) is 7.88. The quantitative estimate of drug-likeness (QED) is 0.833. The molecule has 0 aliphatic carbocycles. The molecular weight excluding hydrogens is 324 g/mol. The van der Waals surface area contributed by atoms with Crippen LogP contribution in [0.4, 0.5) is 0 Å². The number of methoxy groups -OCH3 is 2. The van der Waals surface area contributed by atoms with Crippen molar-refractivity contribution >= 4 is 23.2 Å². The van der Waals surface area contributed by atoms with E-state index < -0.39 is 17.8 Å². The summed E-state index contributed by atoms with van der Waals surface area (Å²) >= 11 is 0. The molecule has 2 unspecified atom stereocenters. The standard InChI is InChI=1S/C17H20N4O4/c1-8-13(16(22)20-18-8)15(14-9(2)19-21-17(14)23)10-5-6-11(24-3)12(7-10)25-4/h5-7,13-15H,1-4H3,(H,20,22)(H,21,23). The number of rotatable bonds is 5. The molecule has 0 radical (unpaired) electrons. The predicted molar refractivity (Wildman–Crippen MR) is 91.8 cm³/mol. The zero-order chi connectivity index (χ0) is 18.1. The van der Waals surface area contributed by atoms with Gasteiger partial charge in [0.05, 0.1) is 26.1 Å². The summed E-state index contributed by atoms with van der Waals surface area (Å²) < 4.78 is 10.6. The van der Waals surface area contributed by atoms with E-state index >= 15 is 0 Å². The van der Waals surface area contributed by atoms with Crippen molar-refractivity contribution in [3.8, 4) is 11.5 Å². The largest absolute Gasteiger partial charge is 0.493 e. The van der Waals surface area contributed by atoms with Gasteiger partial charge in [-0.1, -0.05) is 6.07 Å². The zero-order valence-corrected chi connectivity index (χ0v) is 14.5. The van der Waals surface area contributed by atoms with Crippen molar-refractivity contribution in [1.82, 2.24) is 10.9 Å². The van der Waals surface area contributed by atoms with E-state index in [2.05, 4.69) is 21.1 Å². The molecule has 2 heterocycles. The molecule has 0 saturated heterocycles. The van der Waals surface area contributed by atoms with E-state index in [1.807, 2.05) is 6.07 Å². The zero-order valence-electron chi connectivity index (χ0n) is 14.5. The van der Waals surface area contributed by atoms with Crippen LogP contribution < -0.4 is 20.3 Å². The smallest absolute Gasteiger partial charge is 0.249 e. The number of benzene rings is 1. The Kier molecular flexibility index (Phi) is 4.43. The first-order chi connectivity index (χ1) is 12.0. The van der Waals surface area contributed by atoms with E-state index in [4.69, 9.17) is 9.47 Å². The molecule has 0 aromatic heterocycles. The number of carbonyl (C=O) groups excluding carboxylic acids is 2. The number of hydrogen-bond donors (Lipinski definition) is 2. The molecule has 0 bridgehead atoms. The summed E-state index contributed by atoms with van der Waals surface area (Å²) in [6.07, 6.45) is 0. The van der Waals surface area contributed by atoms with Gasteiger partial charge in [-0.25, -0.2) is 10.9 Å². The van der Waals surface area contributed by atoms with Crippen molar-refractivity contribution in [1.29, 1.82) is 0 Å². The highest BCUT2D eigenvalue weighted by Crippen LogP contribution is 2.40. The van der Waals surface area contributed by atoms with Gasteiger partial charge in [0.1, 0.15) is 0 Å². The molecule has 0 fully saturated rings. The van der Waals surface area contributed by atoms with Crippen LogP contribution in [0.5, 0.6) is 11.5 Å². The van der Waals surface area contributed by atoms with Crippen LogP contribution in [0.1, 0.15) is 25.3 Å². The third-order valence-corrected chi connectivity index (χ3v) is 4.66. The summed E-state index contributed by atoms with van der Waals surface area (Å²) in [6, 6.07) is 5.39. The minimum atomic E-state index is -0.558. The van der Waals surface area contributed by atoms with Crippen molar-refractivity contribution in [2.75, 3.05) is 14.2 Å². The van der Waals surface area contributed by atoms with E-state index in [0.717, 1.165) is 5.56 Å². The molecule has 3 rings (SSSR count). The van der Waals surface area contributed by atoms with Crippen molar-refractivity contribution < 1.29 is 19.1 Å². The lowest BCUT2D eigenvalue weighted by atomic mass is 9.73. The number of hydrogen-bond acceptors (Lipinski definition) is 6. The van der Waals surface area contributed by atoms with Gasteiger partial charge in [-0.2, -0.15) is 10.2 Å². The molecule has 132 valence electrons. The Morgan fingerprint density at radius 2 is 1.44 bits per heavy atom. The number of nitrogens with zero attached hydrogens (tertiary/aromatic N) is 2. The lowest BCUT2D eigenvalue weighted by Crippen LogP contribution is -2.38.